The van der Waals surface area contributed by atoms with Crippen LogP contribution in [0.25, 0.3) is 22.3 Å². The molecule has 0 aliphatic carbocycles. The molecule has 0 aliphatic heterocycles. The first kappa shape index (κ1) is 22.6. The predicted molar refractivity (Wildman–Crippen MR) is 120 cm³/mol. The zero-order valence-electron chi connectivity index (χ0n) is 18.3. The first-order chi connectivity index (χ1) is 15.2. The fraction of sp³-hybridized carbons (Fsp3) is 0.280. The summed E-state index contributed by atoms with van der Waals surface area (Å²) in [6.07, 6.45) is 0. The summed E-state index contributed by atoms with van der Waals surface area (Å²) in [5.41, 5.74) is 5.28. The zero-order valence-corrected chi connectivity index (χ0v) is 18.3. The summed E-state index contributed by atoms with van der Waals surface area (Å²) in [6.45, 7) is 2.68. The molecule has 0 saturated heterocycles. The number of methoxy groups -OCH3 is 3. The van der Waals surface area contributed by atoms with E-state index in [2.05, 4.69) is 13.0 Å². The van der Waals surface area contributed by atoms with E-state index in [0.29, 0.717) is 0 Å². The van der Waals surface area contributed by atoms with Gasteiger partial charge in [-0.25, -0.2) is 0 Å². The highest BCUT2D eigenvalue weighted by molar-refractivity contribution is 5.79. The van der Waals surface area contributed by atoms with Crippen LogP contribution >= 0.6 is 0 Å². The summed E-state index contributed by atoms with van der Waals surface area (Å²) in [5, 5.41) is 0. The average Bonchev–Trinajstić information content (AvgIpc) is 2.81. The maximum Gasteiger partial charge on any atom is 0.188 e. The van der Waals surface area contributed by atoms with Crippen molar-refractivity contribution in [3.63, 3.8) is 0 Å². The lowest BCUT2D eigenvalue weighted by Gasteiger charge is -2.16. The van der Waals surface area contributed by atoms with E-state index >= 15 is 0 Å². The third-order valence-corrected chi connectivity index (χ3v) is 4.68. The number of aryl methyl sites for hydroxylation is 1. The van der Waals surface area contributed by atoms with Crippen molar-refractivity contribution in [2.24, 2.45) is 0 Å². The van der Waals surface area contributed by atoms with E-state index in [1.807, 2.05) is 54.6 Å². The number of hydrogen-bond acceptors (Lipinski definition) is 6. The van der Waals surface area contributed by atoms with E-state index in [4.69, 9.17) is 28.4 Å². The van der Waals surface area contributed by atoms with E-state index in [1.165, 1.54) is 0 Å². The molecule has 6 heteroatoms. The van der Waals surface area contributed by atoms with Crippen LogP contribution in [-0.4, -0.2) is 41.7 Å². The lowest BCUT2D eigenvalue weighted by atomic mass is 9.94. The average molecular weight is 424 g/mol. The predicted octanol–water partition coefficient (Wildman–Crippen LogP) is 5.28. The number of rotatable bonds is 11. The van der Waals surface area contributed by atoms with Crippen molar-refractivity contribution < 1.29 is 28.4 Å². The van der Waals surface area contributed by atoms with Crippen LogP contribution in [-0.2, 0) is 14.2 Å². The molecule has 0 aromatic heterocycles. The van der Waals surface area contributed by atoms with Crippen molar-refractivity contribution in [3.05, 3.63) is 66.2 Å². The van der Waals surface area contributed by atoms with Crippen molar-refractivity contribution in [1.29, 1.82) is 0 Å². The van der Waals surface area contributed by atoms with Crippen LogP contribution in [0.2, 0.25) is 0 Å². The molecule has 0 atom stereocenters. The lowest BCUT2D eigenvalue weighted by molar-refractivity contribution is 0.0509. The Morgan fingerprint density at radius 1 is 0.548 bits per heavy atom. The molecule has 3 aromatic rings. The van der Waals surface area contributed by atoms with Crippen LogP contribution in [0.4, 0.5) is 0 Å². The van der Waals surface area contributed by atoms with Crippen molar-refractivity contribution in [2.75, 3.05) is 41.7 Å². The summed E-state index contributed by atoms with van der Waals surface area (Å²) < 4.78 is 31.9. The van der Waals surface area contributed by atoms with Crippen LogP contribution in [0.5, 0.6) is 17.2 Å². The SMILES string of the molecule is COCOc1ccc(-c2cc(OCOC)c(-c3ccc(OCOC)cc3)cc2C)cc1. The van der Waals surface area contributed by atoms with Gasteiger partial charge >= 0.3 is 0 Å². The normalized spacial score (nSPS) is 10.7. The molecule has 3 rings (SSSR count). The molecule has 0 amide bonds. The Kier molecular flexibility index (Phi) is 8.29. The first-order valence-corrected chi connectivity index (χ1v) is 9.87. The molecule has 0 heterocycles. The van der Waals surface area contributed by atoms with Gasteiger partial charge in [-0.2, -0.15) is 0 Å². The Hall–Kier alpha value is -3.06. The van der Waals surface area contributed by atoms with E-state index in [0.717, 1.165) is 45.1 Å². The van der Waals surface area contributed by atoms with Gasteiger partial charge in [0.25, 0.3) is 0 Å². The second kappa shape index (κ2) is 11.4. The standard InChI is InChI=1S/C25H28O6/c1-18-13-24(20-7-11-22(12-8-20)30-16-27-3)25(31-17-28-4)14-23(18)19-5-9-21(10-6-19)29-15-26-2/h5-14H,15-17H2,1-4H3. The minimum Gasteiger partial charge on any atom is -0.468 e. The Labute approximate surface area is 183 Å². The molecule has 3 aromatic carbocycles. The van der Waals surface area contributed by atoms with E-state index in [-0.39, 0.29) is 20.4 Å². The minimum absolute atomic E-state index is 0.161. The number of hydrogen-bond donors (Lipinski definition) is 0. The van der Waals surface area contributed by atoms with Crippen LogP contribution in [0.3, 0.4) is 0 Å². The van der Waals surface area contributed by atoms with Gasteiger partial charge in [0, 0.05) is 26.9 Å². The van der Waals surface area contributed by atoms with Gasteiger partial charge in [0.05, 0.1) is 0 Å². The molecule has 0 unspecified atom stereocenters. The highest BCUT2D eigenvalue weighted by Crippen LogP contribution is 2.38. The van der Waals surface area contributed by atoms with Crippen molar-refractivity contribution in [2.45, 2.75) is 6.92 Å². The van der Waals surface area contributed by atoms with Gasteiger partial charge in [-0.1, -0.05) is 24.3 Å². The van der Waals surface area contributed by atoms with Gasteiger partial charge in [-0.05, 0) is 65.6 Å². The lowest BCUT2D eigenvalue weighted by Crippen LogP contribution is -2.02. The number of benzene rings is 3. The van der Waals surface area contributed by atoms with Gasteiger partial charge in [0.2, 0.25) is 0 Å². The third kappa shape index (κ3) is 5.98. The van der Waals surface area contributed by atoms with Crippen molar-refractivity contribution in [1.82, 2.24) is 0 Å². The monoisotopic (exact) mass is 424 g/mol. The van der Waals surface area contributed by atoms with Crippen molar-refractivity contribution in [3.8, 4) is 39.5 Å². The Balaban J connectivity index is 1.93. The topological polar surface area (TPSA) is 55.4 Å². The van der Waals surface area contributed by atoms with Crippen LogP contribution in [0.1, 0.15) is 5.56 Å². The summed E-state index contributed by atoms with van der Waals surface area (Å²) in [4.78, 5) is 0. The molecule has 0 radical (unpaired) electrons. The summed E-state index contributed by atoms with van der Waals surface area (Å²) >= 11 is 0. The van der Waals surface area contributed by atoms with E-state index in [1.54, 1.807) is 21.3 Å². The molecule has 0 spiro atoms. The van der Waals surface area contributed by atoms with Crippen molar-refractivity contribution >= 4 is 0 Å². The summed E-state index contributed by atoms with van der Waals surface area (Å²) in [7, 11) is 4.80. The largest absolute Gasteiger partial charge is 0.468 e. The highest BCUT2D eigenvalue weighted by Gasteiger charge is 2.13. The molecule has 0 fully saturated rings. The van der Waals surface area contributed by atoms with E-state index in [9.17, 15) is 0 Å². The maximum absolute atomic E-state index is 5.92. The quantitative estimate of drug-likeness (QED) is 0.391. The summed E-state index contributed by atoms with van der Waals surface area (Å²) in [6, 6.07) is 19.9. The summed E-state index contributed by atoms with van der Waals surface area (Å²) in [5.74, 6) is 2.24. The smallest absolute Gasteiger partial charge is 0.188 e. The third-order valence-electron chi connectivity index (χ3n) is 4.68. The van der Waals surface area contributed by atoms with Gasteiger partial charge in [0.15, 0.2) is 20.4 Å². The molecule has 0 bridgehead atoms. The minimum atomic E-state index is 0.161. The van der Waals surface area contributed by atoms with Gasteiger partial charge in [-0.15, -0.1) is 0 Å². The fourth-order valence-corrected chi connectivity index (χ4v) is 3.18. The molecule has 0 N–H and O–H groups in total. The highest BCUT2D eigenvalue weighted by atomic mass is 16.7. The molecule has 31 heavy (non-hydrogen) atoms. The van der Waals surface area contributed by atoms with Gasteiger partial charge in [-0.3, -0.25) is 0 Å². The molecule has 6 nitrogen and oxygen atoms in total. The van der Waals surface area contributed by atoms with Gasteiger partial charge < -0.3 is 28.4 Å². The molecular weight excluding hydrogens is 396 g/mol. The molecule has 164 valence electrons. The van der Waals surface area contributed by atoms with Crippen LogP contribution in [0.15, 0.2) is 60.7 Å². The van der Waals surface area contributed by atoms with Crippen LogP contribution < -0.4 is 14.2 Å². The van der Waals surface area contributed by atoms with Crippen LogP contribution in [0, 0.1) is 6.92 Å². The molecular formula is C25H28O6. The molecule has 0 aliphatic rings. The second-order valence-corrected chi connectivity index (χ2v) is 6.86. The zero-order chi connectivity index (χ0) is 22.1. The van der Waals surface area contributed by atoms with Gasteiger partial charge in [0.1, 0.15) is 17.2 Å². The first-order valence-electron chi connectivity index (χ1n) is 9.87. The second-order valence-electron chi connectivity index (χ2n) is 6.86. The van der Waals surface area contributed by atoms with E-state index < -0.39 is 0 Å². The molecule has 0 saturated carbocycles. The Bertz CT molecular complexity index is 951. The fourth-order valence-electron chi connectivity index (χ4n) is 3.18. The Morgan fingerprint density at radius 3 is 1.48 bits per heavy atom. The Morgan fingerprint density at radius 2 is 1.00 bits per heavy atom. The number of ether oxygens (including phenoxy) is 6. The maximum atomic E-state index is 5.92.